The second-order valence-corrected chi connectivity index (χ2v) is 15.6. The normalized spacial score (nSPS) is 23.2. The maximum Gasteiger partial charge on any atom is 3.00 e. The molecule has 0 aromatic rings. The van der Waals surface area contributed by atoms with Gasteiger partial charge in [0.1, 0.15) is 26.4 Å². The molecule has 3 rings (SSSR count). The van der Waals surface area contributed by atoms with Gasteiger partial charge in [-0.1, -0.05) is 67.6 Å². The van der Waals surface area contributed by atoms with Gasteiger partial charge in [0, 0.05) is 16.8 Å². The summed E-state index contributed by atoms with van der Waals surface area (Å²) in [6.07, 6.45) is 5.63. The standard InChI is InChI=1S/3C7H10O2Si.Ce/c3*1-5-3-4-10(6(5)2)7(8)9;/h3*3-4,10H,1-2H3,(H,8,9);/q;;;+3/p-3. The van der Waals surface area contributed by atoms with Crippen LogP contribution in [0.25, 0.3) is 0 Å². The molecule has 31 heavy (non-hydrogen) atoms. The number of hydrogen-bond acceptors (Lipinski definition) is 6. The molecule has 0 N–H and O–H groups in total. The summed E-state index contributed by atoms with van der Waals surface area (Å²) in [6.45, 7) is 11.4. The van der Waals surface area contributed by atoms with Crippen LogP contribution in [0.4, 0.5) is 14.4 Å². The fourth-order valence-corrected chi connectivity index (χ4v) is 8.65. The van der Waals surface area contributed by atoms with Crippen molar-refractivity contribution in [2.24, 2.45) is 0 Å². The molecular formula is C21H27CeO6Si3. The molecule has 163 valence electrons. The molecule has 0 saturated carbocycles. The third kappa shape index (κ3) is 8.39. The maximum absolute atomic E-state index is 10.4. The van der Waals surface area contributed by atoms with Gasteiger partial charge < -0.3 is 29.7 Å². The summed E-state index contributed by atoms with van der Waals surface area (Å²) in [5.74, 6) is 0. The molecule has 3 aliphatic rings. The number of carbonyl (C=O) groups excluding carboxylic acids is 3. The molecule has 0 aromatic heterocycles. The van der Waals surface area contributed by atoms with Crippen molar-refractivity contribution < 1.29 is 71.5 Å². The first kappa shape index (κ1) is 29.9. The summed E-state index contributed by atoms with van der Waals surface area (Å²) >= 11 is 0. The number of rotatable bonds is 3. The van der Waals surface area contributed by atoms with Crippen molar-refractivity contribution in [2.75, 3.05) is 0 Å². The van der Waals surface area contributed by atoms with Crippen molar-refractivity contribution in [2.45, 2.75) is 41.5 Å². The molecule has 10 heteroatoms. The van der Waals surface area contributed by atoms with E-state index in [0.29, 0.717) is 0 Å². The quantitative estimate of drug-likeness (QED) is 0.433. The van der Waals surface area contributed by atoms with Crippen LogP contribution >= 0.6 is 0 Å². The van der Waals surface area contributed by atoms with E-state index in [1.165, 1.54) is 0 Å². The van der Waals surface area contributed by atoms with E-state index in [9.17, 15) is 29.7 Å². The number of carbonyl (C=O) groups is 3. The van der Waals surface area contributed by atoms with Crippen molar-refractivity contribution in [3.8, 4) is 0 Å². The molecule has 3 aliphatic heterocycles. The predicted molar refractivity (Wildman–Crippen MR) is 120 cm³/mol. The minimum Gasteiger partial charge on any atom is -0.555 e. The summed E-state index contributed by atoms with van der Waals surface area (Å²) in [6, 6.07) is 0. The average Bonchev–Trinajstić information content (AvgIpc) is 3.29. The first-order valence-electron chi connectivity index (χ1n) is 9.57. The number of allylic oxidation sites excluding steroid dienone is 9. The molecule has 0 amide bonds. The van der Waals surface area contributed by atoms with Gasteiger partial charge in [0.15, 0.2) is 0 Å². The Kier molecular flexibility index (Phi) is 12.9. The maximum atomic E-state index is 10.4. The van der Waals surface area contributed by atoms with Gasteiger partial charge in [-0.15, -0.1) is 0 Å². The molecule has 6 nitrogen and oxygen atoms in total. The Morgan fingerprint density at radius 2 is 0.742 bits per heavy atom. The monoisotopic (exact) mass is 599 g/mol. The summed E-state index contributed by atoms with van der Waals surface area (Å²) < 4.78 is 0. The first-order chi connectivity index (χ1) is 13.9. The Morgan fingerprint density at radius 3 is 0.806 bits per heavy atom. The topological polar surface area (TPSA) is 120 Å². The molecule has 0 bridgehead atoms. The van der Waals surface area contributed by atoms with Gasteiger partial charge in [0.2, 0.25) is 0 Å². The summed E-state index contributed by atoms with van der Waals surface area (Å²) in [7, 11) is -5.41. The van der Waals surface area contributed by atoms with Gasteiger partial charge in [0.25, 0.3) is 0 Å². The molecule has 3 atom stereocenters. The van der Waals surface area contributed by atoms with Gasteiger partial charge in [-0.3, -0.25) is 0 Å². The van der Waals surface area contributed by atoms with Crippen molar-refractivity contribution in [1.29, 1.82) is 0 Å². The molecule has 0 fully saturated rings. The van der Waals surface area contributed by atoms with Crippen molar-refractivity contribution in [3.05, 3.63) is 67.6 Å². The van der Waals surface area contributed by atoms with Crippen molar-refractivity contribution >= 4 is 43.2 Å². The van der Waals surface area contributed by atoms with Gasteiger partial charge >= 0.3 is 41.7 Å². The predicted octanol–water partition coefficient (Wildman–Crippen LogP) is 0.369. The second-order valence-electron chi connectivity index (χ2n) is 7.57. The largest absolute Gasteiger partial charge is 3.00 e. The zero-order valence-electron chi connectivity index (χ0n) is 18.6. The van der Waals surface area contributed by atoms with Gasteiger partial charge in [-0.2, -0.15) is 0 Å². The zero-order valence-corrected chi connectivity index (χ0v) is 25.2. The fraction of sp³-hybridized carbons (Fsp3) is 0.286. The van der Waals surface area contributed by atoms with E-state index in [-0.39, 0.29) is 41.7 Å². The molecular weight excluding hydrogens is 573 g/mol. The Balaban J connectivity index is 0.000000429. The van der Waals surface area contributed by atoms with Crippen molar-refractivity contribution in [3.63, 3.8) is 0 Å². The van der Waals surface area contributed by atoms with Crippen LogP contribution in [0.5, 0.6) is 0 Å². The zero-order chi connectivity index (χ0) is 23.2. The minimum atomic E-state index is -1.80. The fourth-order valence-electron chi connectivity index (χ4n) is 3.05. The van der Waals surface area contributed by atoms with Gasteiger partial charge in [-0.25, -0.2) is 0 Å². The van der Waals surface area contributed by atoms with Crippen LogP contribution in [-0.4, -0.2) is 43.2 Å². The smallest absolute Gasteiger partial charge is 0.555 e. The van der Waals surface area contributed by atoms with Crippen molar-refractivity contribution in [1.82, 2.24) is 0 Å². The van der Waals surface area contributed by atoms with Crippen LogP contribution in [0.1, 0.15) is 41.5 Å². The van der Waals surface area contributed by atoms with Crippen LogP contribution < -0.4 is 15.3 Å². The molecule has 3 unspecified atom stereocenters. The molecule has 0 aliphatic carbocycles. The summed E-state index contributed by atoms with van der Waals surface area (Å²) in [5.41, 5.74) is 6.06. The third-order valence-corrected chi connectivity index (χ3v) is 13.1. The first-order valence-corrected chi connectivity index (χ1v) is 15.0. The molecule has 0 saturated heterocycles. The van der Waals surface area contributed by atoms with Crippen LogP contribution in [0.3, 0.4) is 0 Å². The summed E-state index contributed by atoms with van der Waals surface area (Å²) in [5, 5.41) is 34.4. The SMILES string of the molecule is CC1=C(C)[SiH](C(=O)[O-])C=C1.CC1=C(C)[SiH](C(=O)[O-])C=C1.CC1=C(C)[SiH](C(=O)[O-])C=C1.[Ce+3]. The van der Waals surface area contributed by atoms with Crippen LogP contribution in [0.2, 0.25) is 0 Å². The van der Waals surface area contributed by atoms with E-state index in [4.69, 9.17) is 0 Å². The number of carboxylic acid groups (broad SMARTS) is 3. The third-order valence-electron chi connectivity index (χ3n) is 5.64. The van der Waals surface area contributed by atoms with E-state index >= 15 is 0 Å². The average molecular weight is 600 g/mol. The summed E-state index contributed by atoms with van der Waals surface area (Å²) in [4.78, 5) is 31.3. The molecule has 3 heterocycles. The van der Waals surface area contributed by atoms with E-state index in [2.05, 4.69) is 0 Å². The molecule has 0 aromatic carbocycles. The van der Waals surface area contributed by atoms with Gasteiger partial charge in [-0.05, 0) is 41.5 Å². The Labute approximate surface area is 222 Å². The minimum absolute atomic E-state index is 0. The molecule has 1 radical (unpaired) electrons. The Hall–Kier alpha value is -1.12. The molecule has 0 spiro atoms. The number of hydrogen-bond donors (Lipinski definition) is 0. The van der Waals surface area contributed by atoms with Crippen LogP contribution in [-0.2, 0) is 0 Å². The van der Waals surface area contributed by atoms with Crippen LogP contribution in [0, 0.1) is 41.7 Å². The van der Waals surface area contributed by atoms with E-state index in [0.717, 1.165) is 32.3 Å². The van der Waals surface area contributed by atoms with Crippen LogP contribution in [0.15, 0.2) is 67.6 Å². The Bertz CT molecular complexity index is 809. The van der Waals surface area contributed by atoms with E-state index in [1.54, 1.807) is 17.1 Å². The Morgan fingerprint density at radius 1 is 0.548 bits per heavy atom. The van der Waals surface area contributed by atoms with E-state index in [1.807, 2.05) is 59.8 Å². The van der Waals surface area contributed by atoms with E-state index < -0.39 is 43.2 Å². The van der Waals surface area contributed by atoms with Gasteiger partial charge in [0.05, 0.1) is 0 Å². The second kappa shape index (κ2) is 13.4.